The number of hydrogen-bond donors (Lipinski definition) is 2. The molecule has 0 atom stereocenters. The molecular weight excluding hydrogens is 262 g/mol. The van der Waals surface area contributed by atoms with E-state index in [1.165, 1.54) is 6.20 Å². The Hall–Kier alpha value is -2.28. The van der Waals surface area contributed by atoms with Crippen LogP contribution >= 0.6 is 12.2 Å². The highest BCUT2D eigenvalue weighted by molar-refractivity contribution is 7.80. The van der Waals surface area contributed by atoms with Crippen LogP contribution in [0.2, 0.25) is 0 Å². The van der Waals surface area contributed by atoms with E-state index in [1.807, 2.05) is 0 Å². The molecule has 0 aromatic carbocycles. The van der Waals surface area contributed by atoms with Crippen LogP contribution in [0, 0.1) is 0 Å². The maximum absolute atomic E-state index is 11.4. The van der Waals surface area contributed by atoms with E-state index in [9.17, 15) is 4.79 Å². The number of thiocarbonyl (C=S) groups is 1. The van der Waals surface area contributed by atoms with Crippen LogP contribution in [-0.4, -0.2) is 34.0 Å². The molecule has 1 aromatic rings. The van der Waals surface area contributed by atoms with Gasteiger partial charge in [0.25, 0.3) is 5.91 Å². The molecule has 1 rings (SSSR count). The van der Waals surface area contributed by atoms with E-state index in [2.05, 4.69) is 23.1 Å². The number of carbonyl (C=O) groups is 1. The van der Waals surface area contributed by atoms with Gasteiger partial charge in [0, 0.05) is 13.1 Å². The SMILES string of the molecule is C=CCN(CC=C)c1nc(C(N)=S)cnc1C(N)=O. The molecule has 0 saturated carbocycles. The summed E-state index contributed by atoms with van der Waals surface area (Å²) in [6.07, 6.45) is 4.67. The largest absolute Gasteiger partial charge is 0.388 e. The Morgan fingerprint density at radius 3 is 2.37 bits per heavy atom. The molecule has 0 radical (unpaired) electrons. The van der Waals surface area contributed by atoms with Crippen molar-refractivity contribution in [3.8, 4) is 0 Å². The normalized spacial score (nSPS) is 9.68. The zero-order chi connectivity index (χ0) is 14.4. The van der Waals surface area contributed by atoms with Crippen LogP contribution in [0.5, 0.6) is 0 Å². The van der Waals surface area contributed by atoms with Gasteiger partial charge in [0.15, 0.2) is 11.5 Å². The van der Waals surface area contributed by atoms with Crippen LogP contribution in [-0.2, 0) is 0 Å². The summed E-state index contributed by atoms with van der Waals surface area (Å²) in [6, 6.07) is 0. The second kappa shape index (κ2) is 6.60. The highest BCUT2D eigenvalue weighted by Gasteiger charge is 2.18. The van der Waals surface area contributed by atoms with Crippen LogP contribution in [0.25, 0.3) is 0 Å². The number of anilines is 1. The molecule has 0 spiro atoms. The average molecular weight is 277 g/mol. The summed E-state index contributed by atoms with van der Waals surface area (Å²) in [6.45, 7) is 8.22. The van der Waals surface area contributed by atoms with Gasteiger partial charge in [-0.2, -0.15) is 0 Å². The van der Waals surface area contributed by atoms with Crippen molar-refractivity contribution in [3.05, 3.63) is 42.9 Å². The fourth-order valence-corrected chi connectivity index (χ4v) is 1.55. The van der Waals surface area contributed by atoms with Gasteiger partial charge in [0.1, 0.15) is 10.7 Å². The summed E-state index contributed by atoms with van der Waals surface area (Å²) in [5.41, 5.74) is 11.2. The maximum Gasteiger partial charge on any atom is 0.271 e. The van der Waals surface area contributed by atoms with E-state index in [-0.39, 0.29) is 10.7 Å². The molecule has 0 aliphatic rings. The quantitative estimate of drug-likeness (QED) is 0.552. The predicted molar refractivity (Wildman–Crippen MR) is 79.0 cm³/mol. The molecule has 1 amide bonds. The first-order valence-electron chi connectivity index (χ1n) is 5.44. The van der Waals surface area contributed by atoms with Crippen molar-refractivity contribution >= 4 is 28.9 Å². The highest BCUT2D eigenvalue weighted by Crippen LogP contribution is 2.16. The lowest BCUT2D eigenvalue weighted by Gasteiger charge is -2.22. The third-order valence-electron chi connectivity index (χ3n) is 2.24. The third-order valence-corrected chi connectivity index (χ3v) is 2.45. The van der Waals surface area contributed by atoms with Crippen molar-refractivity contribution < 1.29 is 4.79 Å². The van der Waals surface area contributed by atoms with Gasteiger partial charge in [-0.3, -0.25) is 4.79 Å². The minimum Gasteiger partial charge on any atom is -0.388 e. The van der Waals surface area contributed by atoms with Gasteiger partial charge in [-0.1, -0.05) is 24.4 Å². The Bertz CT molecular complexity index is 519. The van der Waals surface area contributed by atoms with E-state index in [0.29, 0.717) is 24.6 Å². The third kappa shape index (κ3) is 3.59. The van der Waals surface area contributed by atoms with Gasteiger partial charge < -0.3 is 16.4 Å². The summed E-state index contributed by atoms with van der Waals surface area (Å²) >= 11 is 4.85. The number of primary amides is 1. The van der Waals surface area contributed by atoms with Crippen molar-refractivity contribution in [3.63, 3.8) is 0 Å². The molecule has 19 heavy (non-hydrogen) atoms. The molecule has 0 saturated heterocycles. The van der Waals surface area contributed by atoms with Gasteiger partial charge in [0.05, 0.1) is 6.20 Å². The Morgan fingerprint density at radius 2 is 1.95 bits per heavy atom. The monoisotopic (exact) mass is 277 g/mol. The topological polar surface area (TPSA) is 98.1 Å². The summed E-state index contributed by atoms with van der Waals surface area (Å²) < 4.78 is 0. The lowest BCUT2D eigenvalue weighted by Crippen LogP contribution is -2.30. The Kier molecular flexibility index (Phi) is 5.13. The first kappa shape index (κ1) is 14.8. The van der Waals surface area contributed by atoms with Crippen molar-refractivity contribution in [2.24, 2.45) is 11.5 Å². The number of nitrogens with zero attached hydrogens (tertiary/aromatic N) is 3. The highest BCUT2D eigenvalue weighted by atomic mass is 32.1. The Labute approximate surface area is 116 Å². The van der Waals surface area contributed by atoms with Gasteiger partial charge in [-0.05, 0) is 0 Å². The molecule has 0 aliphatic carbocycles. The first-order chi connectivity index (χ1) is 9.01. The van der Waals surface area contributed by atoms with Crippen LogP contribution in [0.1, 0.15) is 16.2 Å². The van der Waals surface area contributed by atoms with Crippen LogP contribution < -0.4 is 16.4 Å². The van der Waals surface area contributed by atoms with E-state index < -0.39 is 5.91 Å². The molecule has 1 heterocycles. The molecule has 0 unspecified atom stereocenters. The molecule has 0 bridgehead atoms. The van der Waals surface area contributed by atoms with E-state index in [1.54, 1.807) is 17.1 Å². The second-order valence-corrected chi connectivity index (χ2v) is 4.08. The zero-order valence-electron chi connectivity index (χ0n) is 10.4. The molecular formula is C12H15N5OS. The van der Waals surface area contributed by atoms with E-state index in [0.717, 1.165) is 0 Å². The van der Waals surface area contributed by atoms with E-state index >= 15 is 0 Å². The first-order valence-corrected chi connectivity index (χ1v) is 5.85. The second-order valence-electron chi connectivity index (χ2n) is 3.64. The smallest absolute Gasteiger partial charge is 0.271 e. The number of hydrogen-bond acceptors (Lipinski definition) is 5. The van der Waals surface area contributed by atoms with Crippen molar-refractivity contribution in [2.75, 3.05) is 18.0 Å². The summed E-state index contributed by atoms with van der Waals surface area (Å²) in [4.78, 5) is 21.4. The molecule has 0 aliphatic heterocycles. The number of carbonyl (C=O) groups excluding carboxylic acids is 1. The molecule has 100 valence electrons. The lowest BCUT2D eigenvalue weighted by molar-refractivity contribution is 0.0996. The molecule has 4 N–H and O–H groups in total. The minimum absolute atomic E-state index is 0.0590. The van der Waals surface area contributed by atoms with Gasteiger partial charge >= 0.3 is 0 Å². The zero-order valence-corrected chi connectivity index (χ0v) is 11.2. The van der Waals surface area contributed by atoms with Crippen LogP contribution in [0.4, 0.5) is 5.82 Å². The van der Waals surface area contributed by atoms with Crippen molar-refractivity contribution in [1.82, 2.24) is 9.97 Å². The molecule has 6 nitrogen and oxygen atoms in total. The van der Waals surface area contributed by atoms with Crippen molar-refractivity contribution in [2.45, 2.75) is 0 Å². The summed E-state index contributed by atoms with van der Waals surface area (Å²) in [7, 11) is 0. The van der Waals surface area contributed by atoms with Crippen LogP contribution in [0.3, 0.4) is 0 Å². The number of aromatic nitrogens is 2. The van der Waals surface area contributed by atoms with Gasteiger partial charge in [-0.15, -0.1) is 13.2 Å². The summed E-state index contributed by atoms with van der Waals surface area (Å²) in [5.74, 6) is -0.354. The van der Waals surface area contributed by atoms with Crippen molar-refractivity contribution in [1.29, 1.82) is 0 Å². The number of amides is 1. The molecule has 7 heteroatoms. The molecule has 1 aromatic heterocycles. The lowest BCUT2D eigenvalue weighted by atomic mass is 10.3. The van der Waals surface area contributed by atoms with Gasteiger partial charge in [-0.25, -0.2) is 9.97 Å². The van der Waals surface area contributed by atoms with Gasteiger partial charge in [0.2, 0.25) is 0 Å². The molecule has 0 fully saturated rings. The fourth-order valence-electron chi connectivity index (χ4n) is 1.45. The predicted octanol–water partition coefficient (Wildman–Crippen LogP) is 0.388. The Morgan fingerprint density at radius 1 is 1.37 bits per heavy atom. The minimum atomic E-state index is -0.671. The average Bonchev–Trinajstić information content (AvgIpc) is 2.37. The summed E-state index contributed by atoms with van der Waals surface area (Å²) in [5, 5.41) is 0. The fraction of sp³-hybridized carbons (Fsp3) is 0.167. The number of nitrogens with two attached hydrogens (primary N) is 2. The van der Waals surface area contributed by atoms with E-state index in [4.69, 9.17) is 23.7 Å². The Balaban J connectivity index is 3.36. The van der Waals surface area contributed by atoms with Crippen LogP contribution in [0.15, 0.2) is 31.5 Å². The standard InChI is InChI=1S/C12H15N5OS/c1-3-5-17(6-4-2)12-9(10(13)18)15-7-8(16-12)11(14)19/h3-4,7H,1-2,5-6H2,(H2,13,18)(H2,14,19). The number of rotatable bonds is 7. The maximum atomic E-state index is 11.4.